The number of aliphatic imine (C=N–C) groups is 1. The van der Waals surface area contributed by atoms with Crippen LogP contribution >= 0.6 is 11.6 Å². The van der Waals surface area contributed by atoms with Crippen molar-refractivity contribution in [3.05, 3.63) is 34.9 Å². The van der Waals surface area contributed by atoms with E-state index in [0.29, 0.717) is 17.5 Å². The highest BCUT2D eigenvalue weighted by atomic mass is 35.5. The highest BCUT2D eigenvalue weighted by Gasteiger charge is 2.25. The molecule has 134 valence electrons. The number of ether oxygens (including phenoxy) is 1. The summed E-state index contributed by atoms with van der Waals surface area (Å²) in [6.07, 6.45) is 0.409. The summed E-state index contributed by atoms with van der Waals surface area (Å²) in [6, 6.07) is 7.35. The van der Waals surface area contributed by atoms with Crippen molar-refractivity contribution < 1.29 is 9.84 Å². The van der Waals surface area contributed by atoms with Gasteiger partial charge in [-0.2, -0.15) is 0 Å². The Morgan fingerprint density at radius 2 is 2.25 bits per heavy atom. The van der Waals surface area contributed by atoms with Gasteiger partial charge in [-0.3, -0.25) is 4.99 Å². The van der Waals surface area contributed by atoms with Crippen molar-refractivity contribution in [3.8, 4) is 0 Å². The molecule has 0 aromatic heterocycles. The van der Waals surface area contributed by atoms with Crippen LogP contribution in [0.5, 0.6) is 0 Å². The van der Waals surface area contributed by atoms with E-state index in [9.17, 15) is 5.11 Å². The second-order valence-corrected chi connectivity index (χ2v) is 6.40. The van der Waals surface area contributed by atoms with Crippen molar-refractivity contribution in [2.45, 2.75) is 26.4 Å². The molecule has 1 heterocycles. The minimum Gasteiger partial charge on any atom is -0.386 e. The second-order valence-electron chi connectivity index (χ2n) is 5.99. The maximum absolute atomic E-state index is 10.4. The lowest BCUT2D eigenvalue weighted by atomic mass is 10.1. The van der Waals surface area contributed by atoms with Crippen LogP contribution in [-0.4, -0.2) is 55.4 Å². The number of rotatable bonds is 7. The summed E-state index contributed by atoms with van der Waals surface area (Å²) in [6.45, 7) is 8.62. The average Bonchev–Trinajstić information content (AvgIpc) is 3.05. The lowest BCUT2D eigenvalue weighted by Gasteiger charge is -2.22. The maximum atomic E-state index is 10.4. The van der Waals surface area contributed by atoms with Crippen molar-refractivity contribution in [2.24, 2.45) is 10.9 Å². The monoisotopic (exact) mass is 353 g/mol. The van der Waals surface area contributed by atoms with Crippen LogP contribution in [0, 0.1) is 5.92 Å². The first-order chi connectivity index (χ1) is 11.7. The second kappa shape index (κ2) is 9.87. The van der Waals surface area contributed by atoms with Crippen LogP contribution in [0.3, 0.4) is 0 Å². The van der Waals surface area contributed by atoms with E-state index in [4.69, 9.17) is 16.3 Å². The minimum atomic E-state index is -0.700. The van der Waals surface area contributed by atoms with Crippen molar-refractivity contribution in [1.29, 1.82) is 0 Å². The Morgan fingerprint density at radius 3 is 2.96 bits per heavy atom. The van der Waals surface area contributed by atoms with Gasteiger partial charge in [-0.15, -0.1) is 0 Å². The van der Waals surface area contributed by atoms with E-state index < -0.39 is 6.10 Å². The van der Waals surface area contributed by atoms with Gasteiger partial charge in [-0.05, 0) is 26.3 Å². The quantitative estimate of drug-likeness (QED) is 0.584. The molecule has 1 fully saturated rings. The number of halogens is 1. The molecule has 24 heavy (non-hydrogen) atoms. The summed E-state index contributed by atoms with van der Waals surface area (Å²) in [4.78, 5) is 6.85. The molecule has 0 radical (unpaired) electrons. The van der Waals surface area contributed by atoms with Gasteiger partial charge >= 0.3 is 0 Å². The molecule has 0 bridgehead atoms. The minimum absolute atomic E-state index is 0.290. The van der Waals surface area contributed by atoms with E-state index in [2.05, 4.69) is 15.2 Å². The van der Waals surface area contributed by atoms with Crippen LogP contribution in [-0.2, 0) is 4.74 Å². The highest BCUT2D eigenvalue weighted by molar-refractivity contribution is 6.31. The molecule has 2 rings (SSSR count). The molecule has 0 amide bonds. The van der Waals surface area contributed by atoms with Crippen LogP contribution in [0.15, 0.2) is 29.3 Å². The van der Waals surface area contributed by atoms with Crippen molar-refractivity contribution >= 4 is 17.6 Å². The van der Waals surface area contributed by atoms with E-state index in [1.54, 1.807) is 6.07 Å². The summed E-state index contributed by atoms with van der Waals surface area (Å²) in [5.74, 6) is 1.39. The zero-order chi connectivity index (χ0) is 17.4. The molecule has 5 nitrogen and oxygen atoms in total. The van der Waals surface area contributed by atoms with Gasteiger partial charge in [-0.25, -0.2) is 0 Å². The van der Waals surface area contributed by atoms with Crippen LogP contribution < -0.4 is 5.32 Å². The molecule has 2 N–H and O–H groups in total. The number of benzene rings is 1. The molecule has 1 aliphatic rings. The zero-order valence-corrected chi connectivity index (χ0v) is 15.3. The summed E-state index contributed by atoms with van der Waals surface area (Å²) in [5.41, 5.74) is 0.717. The van der Waals surface area contributed by atoms with Crippen LogP contribution in [0.2, 0.25) is 5.02 Å². The van der Waals surface area contributed by atoms with Crippen LogP contribution in [0.1, 0.15) is 31.9 Å². The van der Waals surface area contributed by atoms with E-state index in [1.807, 2.05) is 32.0 Å². The Hall–Kier alpha value is -1.30. The first kappa shape index (κ1) is 19.0. The SMILES string of the molecule is CCNC(=NCC(O)c1ccccc1Cl)N1CCC(COCC)C1. The largest absolute Gasteiger partial charge is 0.386 e. The Morgan fingerprint density at radius 1 is 1.46 bits per heavy atom. The fourth-order valence-corrected chi connectivity index (χ4v) is 3.15. The number of aliphatic hydroxyl groups is 1. The summed E-state index contributed by atoms with van der Waals surface area (Å²) < 4.78 is 5.53. The van der Waals surface area contributed by atoms with Gasteiger partial charge in [0.15, 0.2) is 5.96 Å². The third kappa shape index (κ3) is 5.36. The Kier molecular flexibility index (Phi) is 7.82. The molecular formula is C18H28ClN3O2. The van der Waals surface area contributed by atoms with Gasteiger partial charge < -0.3 is 20.1 Å². The molecule has 0 spiro atoms. The summed E-state index contributed by atoms with van der Waals surface area (Å²) in [5, 5.41) is 14.3. The summed E-state index contributed by atoms with van der Waals surface area (Å²) >= 11 is 6.14. The van der Waals surface area contributed by atoms with Crippen molar-refractivity contribution in [2.75, 3.05) is 39.4 Å². The predicted octanol–water partition coefficient (Wildman–Crippen LogP) is 2.70. The van der Waals surface area contributed by atoms with Gasteiger partial charge in [0, 0.05) is 42.7 Å². The standard InChI is InChI=1S/C18H28ClN3O2/c1-3-20-18(22-10-9-14(12-22)13-24-4-2)21-11-17(23)15-7-5-6-8-16(15)19/h5-8,14,17,23H,3-4,9-13H2,1-2H3,(H,20,21). The number of likely N-dealkylation sites (tertiary alicyclic amines) is 1. The third-order valence-electron chi connectivity index (χ3n) is 4.16. The van der Waals surface area contributed by atoms with Crippen molar-refractivity contribution in [3.63, 3.8) is 0 Å². The van der Waals surface area contributed by atoms with Gasteiger partial charge in [-0.1, -0.05) is 29.8 Å². The first-order valence-electron chi connectivity index (χ1n) is 8.69. The normalized spacial score (nSPS) is 19.6. The fourth-order valence-electron chi connectivity index (χ4n) is 2.89. The lowest BCUT2D eigenvalue weighted by Crippen LogP contribution is -2.40. The molecule has 1 aliphatic heterocycles. The number of nitrogens with zero attached hydrogens (tertiary/aromatic N) is 2. The number of guanidine groups is 1. The predicted molar refractivity (Wildman–Crippen MR) is 98.6 cm³/mol. The van der Waals surface area contributed by atoms with Gasteiger partial charge in [0.05, 0.1) is 13.2 Å². The summed E-state index contributed by atoms with van der Waals surface area (Å²) in [7, 11) is 0. The molecule has 1 aromatic rings. The highest BCUT2D eigenvalue weighted by Crippen LogP contribution is 2.23. The molecule has 0 saturated carbocycles. The van der Waals surface area contributed by atoms with Gasteiger partial charge in [0.25, 0.3) is 0 Å². The van der Waals surface area contributed by atoms with E-state index in [-0.39, 0.29) is 0 Å². The first-order valence-corrected chi connectivity index (χ1v) is 9.07. The zero-order valence-electron chi connectivity index (χ0n) is 14.5. The molecule has 0 aliphatic carbocycles. The fraction of sp³-hybridized carbons (Fsp3) is 0.611. The molecule has 2 atom stereocenters. The van der Waals surface area contributed by atoms with E-state index >= 15 is 0 Å². The van der Waals surface area contributed by atoms with E-state index in [0.717, 1.165) is 50.8 Å². The topological polar surface area (TPSA) is 57.1 Å². The Balaban J connectivity index is 1.97. The third-order valence-corrected chi connectivity index (χ3v) is 4.50. The van der Waals surface area contributed by atoms with E-state index in [1.165, 1.54) is 0 Å². The molecule has 6 heteroatoms. The number of hydrogen-bond donors (Lipinski definition) is 2. The molecule has 2 unspecified atom stereocenters. The van der Waals surface area contributed by atoms with Crippen LogP contribution in [0.25, 0.3) is 0 Å². The molecular weight excluding hydrogens is 326 g/mol. The maximum Gasteiger partial charge on any atom is 0.194 e. The smallest absolute Gasteiger partial charge is 0.194 e. The van der Waals surface area contributed by atoms with Crippen LogP contribution in [0.4, 0.5) is 0 Å². The molecule has 1 saturated heterocycles. The van der Waals surface area contributed by atoms with Crippen molar-refractivity contribution in [1.82, 2.24) is 10.2 Å². The molecule has 1 aromatic carbocycles. The number of nitrogens with one attached hydrogen (secondary N) is 1. The Labute approximate surface area is 149 Å². The van der Waals surface area contributed by atoms with Gasteiger partial charge in [0.2, 0.25) is 0 Å². The van der Waals surface area contributed by atoms with Gasteiger partial charge in [0.1, 0.15) is 6.10 Å². The number of aliphatic hydroxyl groups excluding tert-OH is 1. The Bertz CT molecular complexity index is 539. The average molecular weight is 354 g/mol. The number of hydrogen-bond acceptors (Lipinski definition) is 3. The lowest BCUT2D eigenvalue weighted by molar-refractivity contribution is 0.114.